The van der Waals surface area contributed by atoms with E-state index in [0.717, 1.165) is 11.3 Å². The van der Waals surface area contributed by atoms with Crippen LogP contribution in [0.4, 0.5) is 5.69 Å². The molecule has 0 saturated carbocycles. The SMILES string of the molecule is Cc1ccc(C=CC(=O)NC(=S)N(C)c2ccccc2)cc1. The highest BCUT2D eigenvalue weighted by molar-refractivity contribution is 7.80. The molecule has 0 atom stereocenters. The van der Waals surface area contributed by atoms with E-state index in [1.807, 2.05) is 68.6 Å². The number of carbonyl (C=O) groups excluding carboxylic acids is 1. The summed E-state index contributed by atoms with van der Waals surface area (Å²) in [7, 11) is 1.82. The van der Waals surface area contributed by atoms with Gasteiger partial charge in [-0.15, -0.1) is 0 Å². The van der Waals surface area contributed by atoms with E-state index in [2.05, 4.69) is 5.32 Å². The first-order valence-corrected chi connectivity index (χ1v) is 7.35. The molecule has 0 unspecified atom stereocenters. The Kier molecular flexibility index (Phi) is 5.44. The monoisotopic (exact) mass is 310 g/mol. The predicted octanol–water partition coefficient (Wildman–Crippen LogP) is 3.55. The Morgan fingerprint density at radius 1 is 1.09 bits per heavy atom. The van der Waals surface area contributed by atoms with Crippen LogP contribution >= 0.6 is 12.2 Å². The zero-order valence-electron chi connectivity index (χ0n) is 12.6. The van der Waals surface area contributed by atoms with Crippen LogP contribution in [0.2, 0.25) is 0 Å². The molecule has 2 aromatic carbocycles. The van der Waals surface area contributed by atoms with Crippen molar-refractivity contribution in [1.82, 2.24) is 5.32 Å². The third-order valence-corrected chi connectivity index (χ3v) is 3.56. The number of carbonyl (C=O) groups is 1. The summed E-state index contributed by atoms with van der Waals surface area (Å²) in [6.45, 7) is 2.03. The molecule has 1 amide bonds. The average molecular weight is 310 g/mol. The number of para-hydroxylation sites is 1. The Morgan fingerprint density at radius 3 is 2.36 bits per heavy atom. The minimum absolute atomic E-state index is 0.242. The van der Waals surface area contributed by atoms with Crippen molar-refractivity contribution in [1.29, 1.82) is 0 Å². The molecular weight excluding hydrogens is 292 g/mol. The van der Waals surface area contributed by atoms with E-state index in [1.54, 1.807) is 11.0 Å². The number of hydrogen-bond donors (Lipinski definition) is 1. The molecule has 0 aliphatic rings. The molecule has 3 nitrogen and oxygen atoms in total. The summed E-state index contributed by atoms with van der Waals surface area (Å²) < 4.78 is 0. The van der Waals surface area contributed by atoms with Crippen LogP contribution in [0.25, 0.3) is 6.08 Å². The van der Waals surface area contributed by atoms with Crippen LogP contribution in [-0.4, -0.2) is 18.1 Å². The fourth-order valence-electron chi connectivity index (χ4n) is 1.85. The maximum Gasteiger partial charge on any atom is 0.250 e. The van der Waals surface area contributed by atoms with Crippen LogP contribution in [0.3, 0.4) is 0 Å². The summed E-state index contributed by atoms with van der Waals surface area (Å²) in [4.78, 5) is 13.7. The molecule has 0 saturated heterocycles. The largest absolute Gasteiger partial charge is 0.322 e. The van der Waals surface area contributed by atoms with Gasteiger partial charge in [-0.2, -0.15) is 0 Å². The zero-order valence-corrected chi connectivity index (χ0v) is 13.4. The van der Waals surface area contributed by atoms with E-state index < -0.39 is 0 Å². The van der Waals surface area contributed by atoms with Crippen molar-refractivity contribution in [3.8, 4) is 0 Å². The van der Waals surface area contributed by atoms with E-state index in [0.29, 0.717) is 5.11 Å². The summed E-state index contributed by atoms with van der Waals surface area (Å²) in [5.41, 5.74) is 3.09. The molecule has 1 N–H and O–H groups in total. The quantitative estimate of drug-likeness (QED) is 0.695. The Balaban J connectivity index is 1.94. The van der Waals surface area contributed by atoms with Gasteiger partial charge >= 0.3 is 0 Å². The molecule has 0 aliphatic heterocycles. The first-order chi connectivity index (χ1) is 10.6. The average Bonchev–Trinajstić information content (AvgIpc) is 2.54. The standard InChI is InChI=1S/C18H18N2OS/c1-14-8-10-15(11-9-14)12-13-17(21)19-18(22)20(2)16-6-4-3-5-7-16/h3-13H,1-2H3,(H,19,21,22). The van der Waals surface area contributed by atoms with Crippen molar-refractivity contribution in [2.75, 3.05) is 11.9 Å². The second-order valence-electron chi connectivity index (χ2n) is 4.93. The van der Waals surface area contributed by atoms with Crippen LogP contribution in [0.1, 0.15) is 11.1 Å². The van der Waals surface area contributed by atoms with Gasteiger partial charge < -0.3 is 4.90 Å². The van der Waals surface area contributed by atoms with Crippen molar-refractivity contribution >= 4 is 35.0 Å². The molecule has 112 valence electrons. The molecule has 2 rings (SSSR count). The maximum absolute atomic E-state index is 11.9. The predicted molar refractivity (Wildman–Crippen MR) is 95.8 cm³/mol. The van der Waals surface area contributed by atoms with Gasteiger partial charge in [0.2, 0.25) is 5.91 Å². The van der Waals surface area contributed by atoms with Gasteiger partial charge in [-0.25, -0.2) is 0 Å². The third kappa shape index (κ3) is 4.53. The molecular formula is C18H18N2OS. The van der Waals surface area contributed by atoms with Crippen molar-refractivity contribution in [2.24, 2.45) is 0 Å². The molecule has 0 bridgehead atoms. The molecule has 0 aromatic heterocycles. The number of aryl methyl sites for hydroxylation is 1. The van der Waals surface area contributed by atoms with Crippen molar-refractivity contribution < 1.29 is 4.79 Å². The van der Waals surface area contributed by atoms with Gasteiger partial charge in [-0.05, 0) is 42.9 Å². The van der Waals surface area contributed by atoms with Gasteiger partial charge in [0.1, 0.15) is 0 Å². The second-order valence-corrected chi connectivity index (χ2v) is 5.32. The lowest BCUT2D eigenvalue weighted by molar-refractivity contribution is -0.115. The van der Waals surface area contributed by atoms with Gasteiger partial charge in [0.05, 0.1) is 0 Å². The van der Waals surface area contributed by atoms with Crippen LogP contribution in [0.5, 0.6) is 0 Å². The number of nitrogens with zero attached hydrogens (tertiary/aromatic N) is 1. The Labute approximate surface area is 136 Å². The highest BCUT2D eigenvalue weighted by atomic mass is 32.1. The minimum Gasteiger partial charge on any atom is -0.322 e. The highest BCUT2D eigenvalue weighted by Crippen LogP contribution is 2.11. The lowest BCUT2D eigenvalue weighted by Gasteiger charge is -2.19. The van der Waals surface area contributed by atoms with Crippen LogP contribution in [0, 0.1) is 6.92 Å². The molecule has 0 radical (unpaired) electrons. The zero-order chi connectivity index (χ0) is 15.9. The fraction of sp³-hybridized carbons (Fsp3) is 0.111. The molecule has 0 aliphatic carbocycles. The van der Waals surface area contributed by atoms with Crippen molar-refractivity contribution in [3.05, 3.63) is 71.8 Å². The van der Waals surface area contributed by atoms with Gasteiger partial charge in [0, 0.05) is 18.8 Å². The van der Waals surface area contributed by atoms with E-state index >= 15 is 0 Å². The minimum atomic E-state index is -0.242. The molecule has 22 heavy (non-hydrogen) atoms. The maximum atomic E-state index is 11.9. The lowest BCUT2D eigenvalue weighted by atomic mass is 10.1. The number of hydrogen-bond acceptors (Lipinski definition) is 2. The van der Waals surface area contributed by atoms with E-state index in [-0.39, 0.29) is 5.91 Å². The number of nitrogens with one attached hydrogen (secondary N) is 1. The van der Waals surface area contributed by atoms with Crippen LogP contribution in [0.15, 0.2) is 60.7 Å². The second kappa shape index (κ2) is 7.52. The summed E-state index contributed by atoms with van der Waals surface area (Å²) in [6, 6.07) is 17.6. The third-order valence-electron chi connectivity index (χ3n) is 3.18. The molecule has 0 spiro atoms. The van der Waals surface area contributed by atoms with E-state index in [9.17, 15) is 4.79 Å². The van der Waals surface area contributed by atoms with E-state index in [4.69, 9.17) is 12.2 Å². The number of amides is 1. The Bertz CT molecular complexity index is 678. The summed E-state index contributed by atoms with van der Waals surface area (Å²) >= 11 is 5.24. The molecule has 2 aromatic rings. The first kappa shape index (κ1) is 15.9. The number of thiocarbonyl (C=S) groups is 1. The van der Waals surface area contributed by atoms with Crippen LogP contribution in [-0.2, 0) is 4.79 Å². The van der Waals surface area contributed by atoms with Gasteiger partial charge in [-0.3, -0.25) is 10.1 Å². The summed E-state index contributed by atoms with van der Waals surface area (Å²) in [5, 5.41) is 3.06. The fourth-order valence-corrected chi connectivity index (χ4v) is 2.06. The van der Waals surface area contributed by atoms with Gasteiger partial charge in [-0.1, -0.05) is 48.0 Å². The van der Waals surface area contributed by atoms with Gasteiger partial charge in [0.25, 0.3) is 0 Å². The first-order valence-electron chi connectivity index (χ1n) is 6.95. The number of benzene rings is 2. The number of rotatable bonds is 3. The molecule has 0 fully saturated rings. The number of anilines is 1. The Hall–Kier alpha value is -2.46. The highest BCUT2D eigenvalue weighted by Gasteiger charge is 2.08. The molecule has 4 heteroatoms. The smallest absolute Gasteiger partial charge is 0.250 e. The topological polar surface area (TPSA) is 32.3 Å². The normalized spacial score (nSPS) is 10.5. The van der Waals surface area contributed by atoms with Crippen molar-refractivity contribution in [3.63, 3.8) is 0 Å². The van der Waals surface area contributed by atoms with E-state index in [1.165, 1.54) is 11.6 Å². The Morgan fingerprint density at radius 2 is 1.73 bits per heavy atom. The molecule has 0 heterocycles. The lowest BCUT2D eigenvalue weighted by Crippen LogP contribution is -2.39. The van der Waals surface area contributed by atoms with Crippen molar-refractivity contribution in [2.45, 2.75) is 6.92 Å². The summed E-state index contributed by atoms with van der Waals surface area (Å²) in [5.74, 6) is -0.242. The van der Waals surface area contributed by atoms with Gasteiger partial charge in [0.15, 0.2) is 5.11 Å². The summed E-state index contributed by atoms with van der Waals surface area (Å²) in [6.07, 6.45) is 3.25. The van der Waals surface area contributed by atoms with Crippen LogP contribution < -0.4 is 10.2 Å².